The second-order valence-corrected chi connectivity index (χ2v) is 2.16. The highest BCUT2D eigenvalue weighted by molar-refractivity contribution is 6.20. The van der Waals surface area contributed by atoms with Crippen LogP contribution in [0.5, 0.6) is 0 Å². The van der Waals surface area contributed by atoms with Crippen LogP contribution in [0.1, 0.15) is 0 Å². The molecule has 0 saturated heterocycles. The monoisotopic (exact) mass is 151 g/mol. The first-order chi connectivity index (χ1) is 4.20. The van der Waals surface area contributed by atoms with E-state index in [1.807, 2.05) is 0 Å². The molecule has 9 heavy (non-hydrogen) atoms. The van der Waals surface area contributed by atoms with Crippen LogP contribution in [0.4, 0.5) is 4.39 Å². The summed E-state index contributed by atoms with van der Waals surface area (Å²) >= 11 is 5.57. The molecule has 0 aromatic rings. The second kappa shape index (κ2) is 2.41. The van der Waals surface area contributed by atoms with Crippen LogP contribution in [0.15, 0.2) is 12.2 Å². The molecule has 1 rings (SSSR count). The summed E-state index contributed by atoms with van der Waals surface area (Å²) < 4.78 is 12.2. The van der Waals surface area contributed by atoms with E-state index in [2.05, 4.69) is 10.9 Å². The van der Waals surface area contributed by atoms with Gasteiger partial charge in [0.05, 0.1) is 6.20 Å². The van der Waals surface area contributed by atoms with Crippen molar-refractivity contribution in [2.75, 3.05) is 7.05 Å². The summed E-state index contributed by atoms with van der Waals surface area (Å²) in [5.41, 5.74) is 4.33. The number of nitrogens with zero attached hydrogens (tertiary/aromatic N) is 1. The SMILES string of the molecule is CN1C=C(F)NNC1Cl. The molecule has 0 saturated carbocycles. The van der Waals surface area contributed by atoms with E-state index >= 15 is 0 Å². The third kappa shape index (κ3) is 1.46. The molecular weight excluding hydrogens is 145 g/mol. The summed E-state index contributed by atoms with van der Waals surface area (Å²) in [5, 5.41) is 0. The van der Waals surface area contributed by atoms with Crippen LogP contribution >= 0.6 is 11.6 Å². The number of halogens is 2. The summed E-state index contributed by atoms with van der Waals surface area (Å²) in [6.45, 7) is 0. The van der Waals surface area contributed by atoms with Gasteiger partial charge < -0.3 is 4.90 Å². The van der Waals surface area contributed by atoms with E-state index < -0.39 is 5.95 Å². The van der Waals surface area contributed by atoms with Crippen LogP contribution in [0.3, 0.4) is 0 Å². The number of hydrazine groups is 1. The first kappa shape index (κ1) is 6.64. The predicted molar refractivity (Wildman–Crippen MR) is 32.9 cm³/mol. The lowest BCUT2D eigenvalue weighted by atomic mass is 10.7. The van der Waals surface area contributed by atoms with Crippen molar-refractivity contribution in [2.45, 2.75) is 5.62 Å². The van der Waals surface area contributed by atoms with Crippen molar-refractivity contribution in [3.05, 3.63) is 12.2 Å². The fraction of sp³-hybridized carbons (Fsp3) is 0.500. The highest BCUT2D eigenvalue weighted by Gasteiger charge is 2.13. The maximum atomic E-state index is 12.2. The Morgan fingerprint density at radius 1 is 1.89 bits per heavy atom. The minimum atomic E-state index is -0.436. The van der Waals surface area contributed by atoms with Crippen LogP contribution in [0.2, 0.25) is 0 Å². The fourth-order valence-electron chi connectivity index (χ4n) is 0.507. The summed E-state index contributed by atoms with van der Waals surface area (Å²) in [4.78, 5) is 1.51. The molecule has 52 valence electrons. The van der Waals surface area contributed by atoms with Gasteiger partial charge in [0.1, 0.15) is 0 Å². The normalized spacial score (nSPS) is 27.2. The van der Waals surface area contributed by atoms with Gasteiger partial charge in [-0.1, -0.05) is 11.6 Å². The predicted octanol–water partition coefficient (Wildman–Crippen LogP) is 0.317. The molecule has 1 heterocycles. The van der Waals surface area contributed by atoms with Gasteiger partial charge in [-0.2, -0.15) is 9.82 Å². The van der Waals surface area contributed by atoms with Gasteiger partial charge >= 0.3 is 0 Å². The zero-order valence-corrected chi connectivity index (χ0v) is 5.61. The minimum absolute atomic E-state index is 0.385. The van der Waals surface area contributed by atoms with Gasteiger partial charge in [-0.15, -0.1) is 0 Å². The molecule has 0 aromatic heterocycles. The summed E-state index contributed by atoms with van der Waals surface area (Å²) in [5.74, 6) is -0.436. The van der Waals surface area contributed by atoms with Crippen LogP contribution in [0.25, 0.3) is 0 Å². The smallest absolute Gasteiger partial charge is 0.217 e. The van der Waals surface area contributed by atoms with Gasteiger partial charge in [-0.25, -0.2) is 0 Å². The quantitative estimate of drug-likeness (QED) is 0.386. The van der Waals surface area contributed by atoms with Crippen LogP contribution in [-0.4, -0.2) is 17.6 Å². The van der Waals surface area contributed by atoms with E-state index in [0.717, 1.165) is 0 Å². The van der Waals surface area contributed by atoms with Crippen molar-refractivity contribution >= 4 is 11.6 Å². The van der Waals surface area contributed by atoms with Crippen LogP contribution < -0.4 is 10.9 Å². The van der Waals surface area contributed by atoms with E-state index in [1.54, 1.807) is 7.05 Å². The minimum Gasteiger partial charge on any atom is -0.347 e. The Hall–Kier alpha value is -0.480. The lowest BCUT2D eigenvalue weighted by Gasteiger charge is -2.26. The van der Waals surface area contributed by atoms with Gasteiger partial charge in [-0.3, -0.25) is 5.43 Å². The molecule has 3 nitrogen and oxygen atoms in total. The summed E-state index contributed by atoms with van der Waals surface area (Å²) in [7, 11) is 1.67. The van der Waals surface area contributed by atoms with Crippen molar-refractivity contribution in [3.63, 3.8) is 0 Å². The highest BCUT2D eigenvalue weighted by atomic mass is 35.5. The van der Waals surface area contributed by atoms with Crippen LogP contribution in [-0.2, 0) is 0 Å². The lowest BCUT2D eigenvalue weighted by Crippen LogP contribution is -2.47. The average molecular weight is 152 g/mol. The highest BCUT2D eigenvalue weighted by Crippen LogP contribution is 2.05. The molecule has 0 bridgehead atoms. The van der Waals surface area contributed by atoms with Crippen molar-refractivity contribution in [2.24, 2.45) is 0 Å². The Balaban J connectivity index is 2.58. The molecule has 0 fully saturated rings. The van der Waals surface area contributed by atoms with Crippen molar-refractivity contribution in [1.82, 2.24) is 15.8 Å². The Morgan fingerprint density at radius 2 is 2.56 bits per heavy atom. The molecule has 1 unspecified atom stereocenters. The van der Waals surface area contributed by atoms with Crippen molar-refractivity contribution < 1.29 is 4.39 Å². The average Bonchev–Trinajstić information content (AvgIpc) is 1.80. The molecule has 5 heteroatoms. The molecule has 1 aliphatic rings. The maximum absolute atomic E-state index is 12.2. The number of nitrogens with one attached hydrogen (secondary N) is 2. The number of hydrogen-bond acceptors (Lipinski definition) is 3. The maximum Gasteiger partial charge on any atom is 0.217 e. The van der Waals surface area contributed by atoms with Gasteiger partial charge in [0, 0.05) is 7.05 Å². The van der Waals surface area contributed by atoms with E-state index in [1.165, 1.54) is 11.1 Å². The fourth-order valence-corrected chi connectivity index (χ4v) is 0.618. The molecule has 1 atom stereocenters. The zero-order chi connectivity index (χ0) is 6.85. The Bertz CT molecular complexity index is 138. The first-order valence-electron chi connectivity index (χ1n) is 2.45. The zero-order valence-electron chi connectivity index (χ0n) is 4.86. The van der Waals surface area contributed by atoms with Crippen molar-refractivity contribution in [3.8, 4) is 0 Å². The van der Waals surface area contributed by atoms with Crippen LogP contribution in [0, 0.1) is 0 Å². The second-order valence-electron chi connectivity index (χ2n) is 1.75. The standard InChI is InChI=1S/C4H7ClFN3/c1-9-2-3(6)7-8-4(9)5/h2,4,7-8H,1H3. The topological polar surface area (TPSA) is 27.3 Å². The van der Waals surface area contributed by atoms with Gasteiger partial charge in [0.2, 0.25) is 5.95 Å². The Kier molecular flexibility index (Phi) is 1.78. The van der Waals surface area contributed by atoms with Gasteiger partial charge in [0.15, 0.2) is 5.62 Å². The van der Waals surface area contributed by atoms with E-state index in [-0.39, 0.29) is 5.62 Å². The molecule has 0 aliphatic carbocycles. The largest absolute Gasteiger partial charge is 0.347 e. The Labute approximate surface area is 57.4 Å². The third-order valence-electron chi connectivity index (χ3n) is 0.985. The van der Waals surface area contributed by atoms with E-state index in [0.29, 0.717) is 0 Å². The molecule has 2 N–H and O–H groups in total. The van der Waals surface area contributed by atoms with Gasteiger partial charge in [0.25, 0.3) is 0 Å². The number of hydrogen-bond donors (Lipinski definition) is 2. The van der Waals surface area contributed by atoms with Crippen molar-refractivity contribution in [1.29, 1.82) is 0 Å². The van der Waals surface area contributed by atoms with E-state index in [4.69, 9.17) is 11.6 Å². The molecular formula is C4H7ClFN3. The van der Waals surface area contributed by atoms with E-state index in [9.17, 15) is 4.39 Å². The molecule has 0 radical (unpaired) electrons. The molecule has 0 spiro atoms. The first-order valence-corrected chi connectivity index (χ1v) is 2.88. The molecule has 0 amide bonds. The van der Waals surface area contributed by atoms with Gasteiger partial charge in [-0.05, 0) is 0 Å². The third-order valence-corrected chi connectivity index (χ3v) is 1.40. The summed E-state index contributed by atoms with van der Waals surface area (Å²) in [6.07, 6.45) is 1.27. The summed E-state index contributed by atoms with van der Waals surface area (Å²) in [6, 6.07) is 0. The number of rotatable bonds is 0. The lowest BCUT2D eigenvalue weighted by molar-refractivity contribution is 0.276. The Morgan fingerprint density at radius 3 is 3.00 bits per heavy atom. The molecule has 0 aromatic carbocycles. The number of alkyl halides is 1. The molecule has 1 aliphatic heterocycles.